The average Bonchev–Trinajstić information content (AvgIpc) is 2.26. The van der Waals surface area contributed by atoms with Gasteiger partial charge < -0.3 is 10.4 Å². The van der Waals surface area contributed by atoms with Crippen molar-refractivity contribution in [2.45, 2.75) is 0 Å². The number of rotatable bonds is 2. The van der Waals surface area contributed by atoms with Crippen molar-refractivity contribution in [1.82, 2.24) is 0 Å². The first-order valence-corrected chi connectivity index (χ1v) is 6.76. The Balaban J connectivity index is 2.25. The summed E-state index contributed by atoms with van der Waals surface area (Å²) < 4.78 is 0.687. The highest BCUT2D eigenvalue weighted by Gasteiger charge is 2.12. The van der Waals surface area contributed by atoms with Crippen LogP contribution in [0.1, 0.15) is 10.4 Å². The minimum atomic E-state index is -0.441. The summed E-state index contributed by atoms with van der Waals surface area (Å²) in [6.07, 6.45) is 0. The monoisotopic (exact) mass is 359 g/mol. The van der Waals surface area contributed by atoms with E-state index in [1.807, 2.05) is 0 Å². The lowest BCUT2D eigenvalue weighted by molar-refractivity contribution is 0.102. The summed E-state index contributed by atoms with van der Waals surface area (Å²) in [6.45, 7) is 0. The number of phenols is 1. The van der Waals surface area contributed by atoms with Crippen molar-refractivity contribution in [3.05, 3.63) is 56.5 Å². The fourth-order valence-corrected chi connectivity index (χ4v) is 2.40. The third kappa shape index (κ3) is 3.62. The van der Waals surface area contributed by atoms with Crippen LogP contribution in [-0.4, -0.2) is 11.0 Å². The number of carbonyl (C=O) groups excluding carboxylic acids is 1. The number of hydrogen-bond acceptors (Lipinski definition) is 2. The number of nitrogens with one attached hydrogen (secondary N) is 1. The van der Waals surface area contributed by atoms with Crippen LogP contribution in [0.15, 0.2) is 40.9 Å². The predicted molar refractivity (Wildman–Crippen MR) is 80.2 cm³/mol. The second-order valence-corrected chi connectivity index (χ2v) is 5.56. The van der Waals surface area contributed by atoms with Crippen LogP contribution in [0.2, 0.25) is 10.0 Å². The molecule has 0 aliphatic rings. The molecular weight excluding hydrogens is 353 g/mol. The largest absolute Gasteiger partial charge is 0.507 e. The van der Waals surface area contributed by atoms with Gasteiger partial charge in [0.25, 0.3) is 5.91 Å². The molecule has 0 spiro atoms. The lowest BCUT2D eigenvalue weighted by Crippen LogP contribution is -2.12. The summed E-state index contributed by atoms with van der Waals surface area (Å²) >= 11 is 14.9. The van der Waals surface area contributed by atoms with Gasteiger partial charge in [0, 0.05) is 20.2 Å². The zero-order valence-corrected chi connectivity index (χ0v) is 12.6. The van der Waals surface area contributed by atoms with Gasteiger partial charge in [0.2, 0.25) is 0 Å². The Morgan fingerprint density at radius 2 is 1.74 bits per heavy atom. The summed E-state index contributed by atoms with van der Waals surface area (Å²) in [4.78, 5) is 12.0. The Kier molecular flexibility index (Phi) is 4.34. The first-order chi connectivity index (χ1) is 8.95. The number of phenolic OH excluding ortho intramolecular Hbond substituents is 1. The van der Waals surface area contributed by atoms with E-state index in [2.05, 4.69) is 21.2 Å². The zero-order valence-electron chi connectivity index (χ0n) is 9.45. The topological polar surface area (TPSA) is 49.3 Å². The Hall–Kier alpha value is -1.23. The van der Waals surface area contributed by atoms with Gasteiger partial charge in [-0.25, -0.2) is 0 Å². The van der Waals surface area contributed by atoms with Crippen molar-refractivity contribution >= 4 is 50.7 Å². The molecule has 0 saturated heterocycles. The number of aromatic hydroxyl groups is 1. The lowest BCUT2D eigenvalue weighted by Gasteiger charge is -2.08. The van der Waals surface area contributed by atoms with Gasteiger partial charge in [0.15, 0.2) is 0 Å². The van der Waals surface area contributed by atoms with Crippen LogP contribution < -0.4 is 5.32 Å². The van der Waals surface area contributed by atoms with E-state index in [0.717, 1.165) is 0 Å². The van der Waals surface area contributed by atoms with E-state index in [4.69, 9.17) is 23.2 Å². The molecule has 19 heavy (non-hydrogen) atoms. The van der Waals surface area contributed by atoms with Crippen LogP contribution in [0.25, 0.3) is 0 Å². The molecule has 2 aromatic rings. The van der Waals surface area contributed by atoms with Crippen molar-refractivity contribution in [3.63, 3.8) is 0 Å². The highest BCUT2D eigenvalue weighted by atomic mass is 79.9. The minimum absolute atomic E-state index is 0.111. The fraction of sp³-hybridized carbons (Fsp3) is 0. The molecular formula is C13H8BrCl2NO2. The molecule has 0 saturated carbocycles. The van der Waals surface area contributed by atoms with Crippen LogP contribution in [-0.2, 0) is 0 Å². The van der Waals surface area contributed by atoms with Gasteiger partial charge in [-0.05, 0) is 36.4 Å². The molecule has 0 aliphatic carbocycles. The molecule has 2 N–H and O–H groups in total. The third-order valence-electron chi connectivity index (χ3n) is 2.32. The van der Waals surface area contributed by atoms with Crippen molar-refractivity contribution in [3.8, 4) is 5.75 Å². The molecule has 0 aliphatic heterocycles. The molecule has 0 unspecified atom stereocenters. The summed E-state index contributed by atoms with van der Waals surface area (Å²) in [5, 5.41) is 13.2. The highest BCUT2D eigenvalue weighted by molar-refractivity contribution is 9.10. The number of amides is 1. The van der Waals surface area contributed by atoms with E-state index in [-0.39, 0.29) is 11.3 Å². The van der Waals surface area contributed by atoms with E-state index in [9.17, 15) is 9.90 Å². The van der Waals surface area contributed by atoms with Crippen molar-refractivity contribution in [2.24, 2.45) is 0 Å². The van der Waals surface area contributed by atoms with Gasteiger partial charge in [-0.15, -0.1) is 0 Å². The molecule has 0 bridgehead atoms. The fourth-order valence-electron chi connectivity index (χ4n) is 1.52. The van der Waals surface area contributed by atoms with Crippen LogP contribution in [0.3, 0.4) is 0 Å². The summed E-state index contributed by atoms with van der Waals surface area (Å²) in [5.41, 5.74) is 0.629. The van der Waals surface area contributed by atoms with E-state index < -0.39 is 5.91 Å². The average molecular weight is 361 g/mol. The maximum atomic E-state index is 12.0. The third-order valence-corrected chi connectivity index (χ3v) is 3.25. The van der Waals surface area contributed by atoms with Crippen molar-refractivity contribution in [1.29, 1.82) is 0 Å². The van der Waals surface area contributed by atoms with Crippen molar-refractivity contribution < 1.29 is 9.90 Å². The quantitative estimate of drug-likeness (QED) is 0.814. The highest BCUT2D eigenvalue weighted by Crippen LogP contribution is 2.25. The van der Waals surface area contributed by atoms with Gasteiger partial charge >= 0.3 is 0 Å². The van der Waals surface area contributed by atoms with Crippen LogP contribution in [0, 0.1) is 0 Å². The van der Waals surface area contributed by atoms with Crippen LogP contribution in [0.4, 0.5) is 5.69 Å². The molecule has 6 heteroatoms. The number of hydrogen-bond donors (Lipinski definition) is 2. The zero-order chi connectivity index (χ0) is 14.0. The summed E-state index contributed by atoms with van der Waals surface area (Å²) in [6, 6.07) is 9.33. The lowest BCUT2D eigenvalue weighted by atomic mass is 10.2. The maximum Gasteiger partial charge on any atom is 0.259 e. The molecule has 0 heterocycles. The Morgan fingerprint density at radius 1 is 1.11 bits per heavy atom. The molecule has 0 fully saturated rings. The summed E-state index contributed by atoms with van der Waals surface area (Å²) in [7, 11) is 0. The molecule has 0 atom stereocenters. The van der Waals surface area contributed by atoms with E-state index >= 15 is 0 Å². The second-order valence-electron chi connectivity index (χ2n) is 3.77. The van der Waals surface area contributed by atoms with E-state index in [1.54, 1.807) is 24.3 Å². The summed E-state index contributed by atoms with van der Waals surface area (Å²) in [5.74, 6) is -0.552. The van der Waals surface area contributed by atoms with E-state index in [1.165, 1.54) is 12.1 Å². The Morgan fingerprint density at radius 3 is 2.32 bits per heavy atom. The van der Waals surface area contributed by atoms with Gasteiger partial charge in [-0.1, -0.05) is 39.1 Å². The minimum Gasteiger partial charge on any atom is -0.507 e. The smallest absolute Gasteiger partial charge is 0.259 e. The van der Waals surface area contributed by atoms with Gasteiger partial charge in [0.1, 0.15) is 5.75 Å². The molecule has 3 nitrogen and oxygen atoms in total. The standard InChI is InChI=1S/C13H8BrCl2NO2/c14-7-1-2-11(12(18)3-7)13(19)17-10-5-8(15)4-9(16)6-10/h1-6,18H,(H,17,19). The predicted octanol–water partition coefficient (Wildman–Crippen LogP) is 4.71. The number of halogens is 3. The molecule has 1 amide bonds. The molecule has 2 aromatic carbocycles. The van der Waals surface area contributed by atoms with Crippen LogP contribution in [0.5, 0.6) is 5.75 Å². The van der Waals surface area contributed by atoms with Crippen molar-refractivity contribution in [2.75, 3.05) is 5.32 Å². The normalized spacial score (nSPS) is 10.3. The Bertz CT molecular complexity index is 626. The molecule has 0 aromatic heterocycles. The molecule has 98 valence electrons. The number of anilines is 1. The Labute approximate surface area is 128 Å². The van der Waals surface area contributed by atoms with Crippen LogP contribution >= 0.6 is 39.1 Å². The van der Waals surface area contributed by atoms with Gasteiger partial charge in [-0.2, -0.15) is 0 Å². The van der Waals surface area contributed by atoms with Gasteiger partial charge in [0.05, 0.1) is 5.56 Å². The molecule has 2 rings (SSSR count). The number of carbonyl (C=O) groups is 1. The first kappa shape index (κ1) is 14.2. The number of benzene rings is 2. The van der Waals surface area contributed by atoms with E-state index in [0.29, 0.717) is 20.2 Å². The molecule has 0 radical (unpaired) electrons. The second kappa shape index (κ2) is 5.82. The maximum absolute atomic E-state index is 12.0. The SMILES string of the molecule is O=C(Nc1cc(Cl)cc(Cl)c1)c1ccc(Br)cc1O. The first-order valence-electron chi connectivity index (χ1n) is 5.21. The van der Waals surface area contributed by atoms with Gasteiger partial charge in [-0.3, -0.25) is 4.79 Å².